The van der Waals surface area contributed by atoms with Crippen molar-refractivity contribution in [2.45, 2.75) is 10.6 Å². The SMILES string of the molecule is CN(C)c1ccc(/C=C2\Oc3cc(S(=O)Cc4ccccn4)ccc3C2=O)cc1. The van der Waals surface area contributed by atoms with Crippen molar-refractivity contribution in [3.63, 3.8) is 0 Å². The minimum absolute atomic E-state index is 0.168. The fourth-order valence-electron chi connectivity index (χ4n) is 3.03. The Morgan fingerprint density at radius 2 is 1.86 bits per heavy atom. The lowest BCUT2D eigenvalue weighted by Crippen LogP contribution is -2.08. The van der Waals surface area contributed by atoms with E-state index in [1.165, 1.54) is 0 Å². The van der Waals surface area contributed by atoms with Gasteiger partial charge < -0.3 is 9.64 Å². The summed E-state index contributed by atoms with van der Waals surface area (Å²) >= 11 is 0. The smallest absolute Gasteiger partial charge is 0.231 e. The molecule has 29 heavy (non-hydrogen) atoms. The molecule has 0 bridgehead atoms. The van der Waals surface area contributed by atoms with Crippen molar-refractivity contribution < 1.29 is 13.7 Å². The predicted molar refractivity (Wildman–Crippen MR) is 114 cm³/mol. The summed E-state index contributed by atoms with van der Waals surface area (Å²) in [7, 11) is 2.68. The lowest BCUT2D eigenvalue weighted by molar-refractivity contribution is 0.101. The highest BCUT2D eigenvalue weighted by Gasteiger charge is 2.28. The largest absolute Gasteiger partial charge is 0.452 e. The van der Waals surface area contributed by atoms with Gasteiger partial charge in [-0.1, -0.05) is 18.2 Å². The Morgan fingerprint density at radius 1 is 1.07 bits per heavy atom. The third kappa shape index (κ3) is 4.12. The zero-order chi connectivity index (χ0) is 20.4. The maximum atomic E-state index is 12.7. The van der Waals surface area contributed by atoms with Gasteiger partial charge in [0, 0.05) is 30.9 Å². The fourth-order valence-corrected chi connectivity index (χ4v) is 4.09. The summed E-state index contributed by atoms with van der Waals surface area (Å²) in [6.07, 6.45) is 3.41. The van der Waals surface area contributed by atoms with E-state index in [0.717, 1.165) is 16.9 Å². The minimum atomic E-state index is -1.27. The molecule has 3 aromatic rings. The van der Waals surface area contributed by atoms with Gasteiger partial charge in [0.25, 0.3) is 0 Å². The van der Waals surface area contributed by atoms with Crippen molar-refractivity contribution in [1.82, 2.24) is 4.98 Å². The van der Waals surface area contributed by atoms with Gasteiger partial charge in [0.05, 0.1) is 27.8 Å². The van der Waals surface area contributed by atoms with Crippen molar-refractivity contribution in [3.8, 4) is 5.75 Å². The first-order valence-corrected chi connectivity index (χ1v) is 10.5. The Hall–Kier alpha value is -3.25. The van der Waals surface area contributed by atoms with Crippen LogP contribution in [-0.2, 0) is 16.6 Å². The molecule has 4 rings (SSSR count). The molecule has 5 nitrogen and oxygen atoms in total. The van der Waals surface area contributed by atoms with Crippen molar-refractivity contribution >= 4 is 28.3 Å². The highest BCUT2D eigenvalue weighted by Crippen LogP contribution is 2.34. The molecule has 6 heteroatoms. The zero-order valence-electron chi connectivity index (χ0n) is 16.2. The molecule has 1 aliphatic heterocycles. The number of carbonyl (C=O) groups is 1. The summed E-state index contributed by atoms with van der Waals surface area (Å²) in [5.41, 5.74) is 3.20. The Morgan fingerprint density at radius 3 is 2.55 bits per heavy atom. The summed E-state index contributed by atoms with van der Waals surface area (Å²) < 4.78 is 18.5. The van der Waals surface area contributed by atoms with Crippen LogP contribution in [0.25, 0.3) is 6.08 Å². The van der Waals surface area contributed by atoms with Gasteiger partial charge >= 0.3 is 0 Å². The number of nitrogens with zero attached hydrogens (tertiary/aromatic N) is 2. The predicted octanol–water partition coefficient (Wildman–Crippen LogP) is 4.07. The van der Waals surface area contributed by atoms with Crippen molar-refractivity contribution in [2.75, 3.05) is 19.0 Å². The van der Waals surface area contributed by atoms with Crippen LogP contribution in [0.5, 0.6) is 5.75 Å². The van der Waals surface area contributed by atoms with E-state index in [1.54, 1.807) is 30.5 Å². The molecule has 2 heterocycles. The second-order valence-corrected chi connectivity index (χ2v) is 8.35. The minimum Gasteiger partial charge on any atom is -0.452 e. The lowest BCUT2D eigenvalue weighted by Gasteiger charge is -2.11. The third-order valence-electron chi connectivity index (χ3n) is 4.62. The quantitative estimate of drug-likeness (QED) is 0.600. The van der Waals surface area contributed by atoms with Gasteiger partial charge in [-0.25, -0.2) is 0 Å². The molecule has 0 fully saturated rings. The number of carbonyl (C=O) groups excluding carboxylic acids is 1. The van der Waals surface area contributed by atoms with E-state index in [4.69, 9.17) is 4.74 Å². The first-order chi connectivity index (χ1) is 14.0. The molecule has 0 saturated carbocycles. The van der Waals surface area contributed by atoms with Crippen molar-refractivity contribution in [1.29, 1.82) is 0 Å². The van der Waals surface area contributed by atoms with E-state index in [9.17, 15) is 9.00 Å². The molecule has 1 atom stereocenters. The average Bonchev–Trinajstić information content (AvgIpc) is 3.04. The standard InChI is InChI=1S/C23H20N2O3S/c1-25(2)18-8-6-16(7-9-18)13-22-23(26)20-11-10-19(14-21(20)28-22)29(27)15-17-5-3-4-12-24-17/h3-14H,15H2,1-2H3/b22-13-. The summed E-state index contributed by atoms with van der Waals surface area (Å²) in [6.45, 7) is 0. The number of fused-ring (bicyclic) bond motifs is 1. The van der Waals surface area contributed by atoms with Gasteiger partial charge in [-0.3, -0.25) is 14.0 Å². The molecule has 2 aromatic carbocycles. The van der Waals surface area contributed by atoms with Gasteiger partial charge in [-0.15, -0.1) is 0 Å². The molecule has 0 amide bonds. The van der Waals surface area contributed by atoms with E-state index < -0.39 is 10.8 Å². The van der Waals surface area contributed by atoms with Crippen LogP contribution in [0.4, 0.5) is 5.69 Å². The van der Waals surface area contributed by atoms with Crippen LogP contribution in [0.3, 0.4) is 0 Å². The topological polar surface area (TPSA) is 59.5 Å². The van der Waals surface area contributed by atoms with E-state index in [0.29, 0.717) is 22.0 Å². The van der Waals surface area contributed by atoms with E-state index >= 15 is 0 Å². The first kappa shape index (κ1) is 19.1. The van der Waals surface area contributed by atoms with Gasteiger partial charge in [0.2, 0.25) is 5.78 Å². The van der Waals surface area contributed by atoms with Crippen molar-refractivity contribution in [3.05, 3.63) is 89.4 Å². The number of ether oxygens (including phenoxy) is 1. The van der Waals surface area contributed by atoms with Crippen LogP contribution in [0, 0.1) is 0 Å². The van der Waals surface area contributed by atoms with Crippen LogP contribution < -0.4 is 9.64 Å². The van der Waals surface area contributed by atoms with E-state index in [2.05, 4.69) is 4.98 Å². The third-order valence-corrected chi connectivity index (χ3v) is 5.95. The Kier molecular flexibility index (Phi) is 5.27. The maximum absolute atomic E-state index is 12.7. The first-order valence-electron chi connectivity index (χ1n) is 9.15. The van der Waals surface area contributed by atoms with E-state index in [1.807, 2.05) is 61.5 Å². The number of aromatic nitrogens is 1. The molecule has 0 N–H and O–H groups in total. The summed E-state index contributed by atoms with van der Waals surface area (Å²) in [5.74, 6) is 0.858. The van der Waals surface area contributed by atoms with Gasteiger partial charge in [0.1, 0.15) is 5.75 Å². The van der Waals surface area contributed by atoms with Crippen LogP contribution in [-0.4, -0.2) is 29.1 Å². The highest BCUT2D eigenvalue weighted by molar-refractivity contribution is 7.84. The molecular formula is C23H20N2O3S. The number of hydrogen-bond donors (Lipinski definition) is 0. The molecule has 0 radical (unpaired) electrons. The van der Waals surface area contributed by atoms with Crippen LogP contribution in [0.1, 0.15) is 21.6 Å². The summed E-state index contributed by atoms with van der Waals surface area (Å²) in [5, 5.41) is 0. The van der Waals surface area contributed by atoms with Gasteiger partial charge in [-0.05, 0) is 54.1 Å². The molecule has 0 saturated heterocycles. The lowest BCUT2D eigenvalue weighted by atomic mass is 10.1. The second-order valence-electron chi connectivity index (χ2n) is 6.89. The number of anilines is 1. The molecule has 0 aliphatic carbocycles. The number of benzene rings is 2. The van der Waals surface area contributed by atoms with Crippen LogP contribution in [0.2, 0.25) is 0 Å². The number of rotatable bonds is 5. The fraction of sp³-hybridized carbons (Fsp3) is 0.130. The molecule has 1 aliphatic rings. The number of ketones is 1. The monoisotopic (exact) mass is 404 g/mol. The Labute approximate surface area is 172 Å². The number of Topliss-reactive ketones (excluding diaryl/α,β-unsaturated/α-hetero) is 1. The number of pyridine rings is 1. The summed E-state index contributed by atoms with van der Waals surface area (Å²) in [4.78, 5) is 19.5. The Balaban J connectivity index is 1.54. The van der Waals surface area contributed by atoms with Crippen molar-refractivity contribution in [2.24, 2.45) is 0 Å². The Bertz CT molecular complexity index is 1110. The number of allylic oxidation sites excluding steroid dienone is 1. The maximum Gasteiger partial charge on any atom is 0.231 e. The van der Waals surface area contributed by atoms with Crippen LogP contribution >= 0.6 is 0 Å². The zero-order valence-corrected chi connectivity index (χ0v) is 17.0. The van der Waals surface area contributed by atoms with Gasteiger partial charge in [0.15, 0.2) is 5.76 Å². The molecule has 1 aromatic heterocycles. The van der Waals surface area contributed by atoms with E-state index in [-0.39, 0.29) is 11.5 Å². The molecule has 0 spiro atoms. The van der Waals surface area contributed by atoms with Gasteiger partial charge in [-0.2, -0.15) is 0 Å². The normalized spacial score (nSPS) is 15.1. The molecule has 146 valence electrons. The molecule has 1 unspecified atom stereocenters. The second kappa shape index (κ2) is 8.01. The number of hydrogen-bond acceptors (Lipinski definition) is 5. The molecular weight excluding hydrogens is 384 g/mol. The highest BCUT2D eigenvalue weighted by atomic mass is 32.2. The van der Waals surface area contributed by atoms with Crippen LogP contribution in [0.15, 0.2) is 77.5 Å². The summed E-state index contributed by atoms with van der Waals surface area (Å²) in [6, 6.07) is 18.5. The average molecular weight is 404 g/mol.